The normalized spacial score (nSPS) is 12.0. The maximum atomic E-state index is 8.68. The van der Waals surface area contributed by atoms with Crippen LogP contribution in [0.5, 0.6) is 0 Å². The number of unbranched alkanes of at least 4 members (excludes halogenated alkanes) is 7. The Bertz CT molecular complexity index is 158. The Balaban J connectivity index is 3.38. The third kappa shape index (κ3) is 8.10. The molecule has 0 fully saturated rings. The highest BCUT2D eigenvalue weighted by molar-refractivity contribution is 4.47. The number of hydrogen-bond donors (Lipinski definition) is 1. The second-order valence-corrected chi connectivity index (χ2v) is 5.57. The van der Waals surface area contributed by atoms with E-state index in [1.165, 1.54) is 75.6 Å². The first kappa shape index (κ1) is 17.9. The summed E-state index contributed by atoms with van der Waals surface area (Å²) in [6, 6.07) is 0. The SMILES string of the molecule is CC[N+](CC)(CC)CCCCCCCCCCO. The molecule has 0 aliphatic carbocycles. The molecule has 0 saturated carbocycles. The van der Waals surface area contributed by atoms with E-state index >= 15 is 0 Å². The van der Waals surface area contributed by atoms with Crippen molar-refractivity contribution >= 4 is 0 Å². The van der Waals surface area contributed by atoms with Gasteiger partial charge in [0.05, 0.1) is 26.2 Å². The van der Waals surface area contributed by atoms with E-state index in [9.17, 15) is 0 Å². The molecule has 0 aromatic carbocycles. The standard InChI is InChI=1S/C16H36NO/c1-4-17(5-2,6-3)15-13-11-9-7-8-10-12-14-16-18/h18H,4-16H2,1-3H3/q+1. The van der Waals surface area contributed by atoms with Gasteiger partial charge in [0.2, 0.25) is 0 Å². The number of nitrogens with zero attached hydrogens (tertiary/aromatic N) is 1. The second-order valence-electron chi connectivity index (χ2n) is 5.57. The van der Waals surface area contributed by atoms with Crippen molar-refractivity contribution in [2.45, 2.75) is 72.1 Å². The molecule has 18 heavy (non-hydrogen) atoms. The number of hydrogen-bond acceptors (Lipinski definition) is 1. The summed E-state index contributed by atoms with van der Waals surface area (Å²) in [5.41, 5.74) is 0. The number of quaternary nitrogens is 1. The predicted octanol–water partition coefficient (Wildman–Crippen LogP) is 3.98. The summed E-state index contributed by atoms with van der Waals surface area (Å²) in [5.74, 6) is 0. The monoisotopic (exact) mass is 258 g/mol. The molecule has 0 unspecified atom stereocenters. The van der Waals surface area contributed by atoms with Crippen molar-refractivity contribution in [2.24, 2.45) is 0 Å². The third-order valence-electron chi connectivity index (χ3n) is 4.55. The van der Waals surface area contributed by atoms with Gasteiger partial charge >= 0.3 is 0 Å². The van der Waals surface area contributed by atoms with Crippen LogP contribution in [0.2, 0.25) is 0 Å². The fourth-order valence-corrected chi connectivity index (χ4v) is 2.76. The van der Waals surface area contributed by atoms with Crippen molar-refractivity contribution in [3.63, 3.8) is 0 Å². The number of rotatable bonds is 13. The Kier molecular flexibility index (Phi) is 11.9. The summed E-state index contributed by atoms with van der Waals surface area (Å²) in [6.07, 6.45) is 10.4. The minimum Gasteiger partial charge on any atom is -0.396 e. The van der Waals surface area contributed by atoms with E-state index in [-0.39, 0.29) is 0 Å². The van der Waals surface area contributed by atoms with Gasteiger partial charge in [-0.05, 0) is 40.0 Å². The van der Waals surface area contributed by atoms with Crippen LogP contribution in [-0.2, 0) is 0 Å². The van der Waals surface area contributed by atoms with E-state index in [4.69, 9.17) is 5.11 Å². The molecule has 2 nitrogen and oxygen atoms in total. The molecule has 0 aliphatic heterocycles. The molecule has 0 amide bonds. The van der Waals surface area contributed by atoms with Crippen LogP contribution in [0.4, 0.5) is 0 Å². The van der Waals surface area contributed by atoms with Gasteiger partial charge in [-0.3, -0.25) is 0 Å². The van der Waals surface area contributed by atoms with Crippen LogP contribution in [0, 0.1) is 0 Å². The highest BCUT2D eigenvalue weighted by atomic mass is 16.2. The average Bonchev–Trinajstić information content (AvgIpc) is 2.42. The van der Waals surface area contributed by atoms with Gasteiger partial charge in [-0.2, -0.15) is 0 Å². The predicted molar refractivity (Wildman–Crippen MR) is 80.8 cm³/mol. The van der Waals surface area contributed by atoms with Crippen LogP contribution in [0.15, 0.2) is 0 Å². The Hall–Kier alpha value is -0.0800. The first-order valence-corrected chi connectivity index (χ1v) is 8.20. The van der Waals surface area contributed by atoms with Gasteiger partial charge < -0.3 is 9.59 Å². The molecule has 1 N–H and O–H groups in total. The Labute approximate surface area is 115 Å². The highest BCUT2D eigenvalue weighted by Crippen LogP contribution is 2.12. The average molecular weight is 258 g/mol. The second kappa shape index (κ2) is 12.0. The van der Waals surface area contributed by atoms with Crippen LogP contribution in [0.1, 0.15) is 72.1 Å². The molecule has 0 spiro atoms. The zero-order valence-electron chi connectivity index (χ0n) is 13.1. The van der Waals surface area contributed by atoms with Crippen LogP contribution >= 0.6 is 0 Å². The molecule has 0 aliphatic rings. The zero-order valence-corrected chi connectivity index (χ0v) is 13.1. The van der Waals surface area contributed by atoms with E-state index in [2.05, 4.69) is 20.8 Å². The zero-order chi connectivity index (χ0) is 13.7. The molecule has 0 rings (SSSR count). The van der Waals surface area contributed by atoms with E-state index in [1.807, 2.05) is 0 Å². The van der Waals surface area contributed by atoms with Crippen molar-refractivity contribution in [1.82, 2.24) is 0 Å². The van der Waals surface area contributed by atoms with Crippen molar-refractivity contribution in [1.29, 1.82) is 0 Å². The van der Waals surface area contributed by atoms with E-state index < -0.39 is 0 Å². The van der Waals surface area contributed by atoms with Crippen LogP contribution < -0.4 is 0 Å². The molecule has 0 saturated heterocycles. The summed E-state index contributed by atoms with van der Waals surface area (Å²) in [7, 11) is 0. The fraction of sp³-hybridized carbons (Fsp3) is 1.00. The number of aliphatic hydroxyl groups is 1. The molecular weight excluding hydrogens is 222 g/mol. The van der Waals surface area contributed by atoms with Gasteiger partial charge in [0.1, 0.15) is 0 Å². The summed E-state index contributed by atoms with van der Waals surface area (Å²) in [5, 5.41) is 8.68. The Morgan fingerprint density at radius 3 is 1.39 bits per heavy atom. The molecule has 0 aromatic heterocycles. The maximum absolute atomic E-state index is 8.68. The van der Waals surface area contributed by atoms with Gasteiger partial charge in [-0.1, -0.05) is 32.1 Å². The van der Waals surface area contributed by atoms with Gasteiger partial charge in [0.25, 0.3) is 0 Å². The molecular formula is C16H36NO+. The summed E-state index contributed by atoms with van der Waals surface area (Å²) in [4.78, 5) is 0. The molecule has 0 radical (unpaired) electrons. The lowest BCUT2D eigenvalue weighted by atomic mass is 10.1. The minimum atomic E-state index is 0.366. The smallest absolute Gasteiger partial charge is 0.0786 e. The molecule has 0 atom stereocenters. The Morgan fingerprint density at radius 1 is 0.611 bits per heavy atom. The maximum Gasteiger partial charge on any atom is 0.0786 e. The van der Waals surface area contributed by atoms with Gasteiger partial charge in [0, 0.05) is 6.61 Å². The quantitative estimate of drug-likeness (QED) is 0.391. The molecule has 0 bridgehead atoms. The first-order valence-electron chi connectivity index (χ1n) is 8.20. The van der Waals surface area contributed by atoms with Gasteiger partial charge in [-0.25, -0.2) is 0 Å². The first-order chi connectivity index (χ1) is 8.74. The van der Waals surface area contributed by atoms with E-state index in [1.54, 1.807) is 0 Å². The number of aliphatic hydroxyl groups excluding tert-OH is 1. The van der Waals surface area contributed by atoms with Crippen LogP contribution in [-0.4, -0.2) is 42.4 Å². The Morgan fingerprint density at radius 2 is 1.00 bits per heavy atom. The lowest BCUT2D eigenvalue weighted by Gasteiger charge is -2.35. The fourth-order valence-electron chi connectivity index (χ4n) is 2.76. The minimum absolute atomic E-state index is 0.366. The molecule has 0 aromatic rings. The van der Waals surface area contributed by atoms with Crippen molar-refractivity contribution < 1.29 is 9.59 Å². The van der Waals surface area contributed by atoms with E-state index in [0.29, 0.717) is 6.61 Å². The molecule has 2 heteroatoms. The topological polar surface area (TPSA) is 20.2 Å². The van der Waals surface area contributed by atoms with Gasteiger partial charge in [0.15, 0.2) is 0 Å². The lowest BCUT2D eigenvalue weighted by molar-refractivity contribution is -0.923. The summed E-state index contributed by atoms with van der Waals surface area (Å²) in [6.45, 7) is 12.6. The largest absolute Gasteiger partial charge is 0.396 e. The van der Waals surface area contributed by atoms with Crippen molar-refractivity contribution in [3.05, 3.63) is 0 Å². The molecule has 110 valence electrons. The van der Waals surface area contributed by atoms with Crippen molar-refractivity contribution in [2.75, 3.05) is 32.8 Å². The van der Waals surface area contributed by atoms with E-state index in [0.717, 1.165) is 6.42 Å². The van der Waals surface area contributed by atoms with Crippen LogP contribution in [0.3, 0.4) is 0 Å². The third-order valence-corrected chi connectivity index (χ3v) is 4.55. The van der Waals surface area contributed by atoms with Crippen LogP contribution in [0.25, 0.3) is 0 Å². The molecule has 0 heterocycles. The van der Waals surface area contributed by atoms with Crippen molar-refractivity contribution in [3.8, 4) is 0 Å². The highest BCUT2D eigenvalue weighted by Gasteiger charge is 2.19. The summed E-state index contributed by atoms with van der Waals surface area (Å²) < 4.78 is 1.30. The lowest BCUT2D eigenvalue weighted by Crippen LogP contribution is -2.48. The summed E-state index contributed by atoms with van der Waals surface area (Å²) >= 11 is 0. The van der Waals surface area contributed by atoms with Gasteiger partial charge in [-0.15, -0.1) is 0 Å².